The first kappa shape index (κ1) is 21.9. The minimum atomic E-state index is -0.332. The average Bonchev–Trinajstić information content (AvgIpc) is 2.73. The van der Waals surface area contributed by atoms with Crippen LogP contribution in [-0.4, -0.2) is 31.2 Å². The molecule has 0 aliphatic carbocycles. The number of anilines is 1. The number of amides is 2. The van der Waals surface area contributed by atoms with E-state index in [9.17, 15) is 9.59 Å². The summed E-state index contributed by atoms with van der Waals surface area (Å²) < 4.78 is 10.9. The third-order valence-corrected chi connectivity index (χ3v) is 3.76. The van der Waals surface area contributed by atoms with Crippen LogP contribution < -0.4 is 20.2 Å². The van der Waals surface area contributed by atoms with Crippen LogP contribution in [0.25, 0.3) is 0 Å². The summed E-state index contributed by atoms with van der Waals surface area (Å²) in [5, 5.41) is 6.67. The molecule has 0 saturated heterocycles. The Bertz CT molecular complexity index is 819. The van der Waals surface area contributed by atoms with Gasteiger partial charge in [-0.05, 0) is 55.3 Å². The van der Waals surface area contributed by atoms with E-state index >= 15 is 0 Å². The summed E-state index contributed by atoms with van der Waals surface area (Å²) in [5.74, 6) is 0.925. The molecule has 0 fully saturated rings. The molecule has 0 unspecified atom stereocenters. The van der Waals surface area contributed by atoms with Crippen LogP contribution in [0.1, 0.15) is 38.7 Å². The van der Waals surface area contributed by atoms with Crippen LogP contribution in [0.15, 0.2) is 53.6 Å². The second-order valence-corrected chi connectivity index (χ2v) is 6.22. The quantitative estimate of drug-likeness (QED) is 0.446. The predicted octanol–water partition coefficient (Wildman–Crippen LogP) is 3.74. The summed E-state index contributed by atoms with van der Waals surface area (Å²) in [6, 6.07) is 14.5. The van der Waals surface area contributed by atoms with E-state index < -0.39 is 0 Å². The van der Waals surface area contributed by atoms with Gasteiger partial charge in [0.15, 0.2) is 0 Å². The standard InChI is InChI=1S/C22H27N3O4/c1-3-14-29-20-7-5-6-17(15-20)16-23-25-22(27)13-12-21(26)24-18-8-10-19(11-9-18)28-4-2/h5-11,15-16H,3-4,12-14H2,1-2H3,(H,24,26)(H,25,27). The smallest absolute Gasteiger partial charge is 0.240 e. The number of rotatable bonds is 11. The van der Waals surface area contributed by atoms with Crippen molar-refractivity contribution in [2.24, 2.45) is 5.10 Å². The van der Waals surface area contributed by atoms with Gasteiger partial charge in [-0.3, -0.25) is 9.59 Å². The van der Waals surface area contributed by atoms with Crippen molar-refractivity contribution in [3.63, 3.8) is 0 Å². The molecule has 2 N–H and O–H groups in total. The topological polar surface area (TPSA) is 89.0 Å². The molecule has 2 aromatic carbocycles. The van der Waals surface area contributed by atoms with Crippen molar-refractivity contribution in [1.29, 1.82) is 0 Å². The van der Waals surface area contributed by atoms with E-state index in [0.717, 1.165) is 23.5 Å². The summed E-state index contributed by atoms with van der Waals surface area (Å²) in [6.07, 6.45) is 2.58. The van der Waals surface area contributed by atoms with Crippen LogP contribution in [-0.2, 0) is 9.59 Å². The van der Waals surface area contributed by atoms with Gasteiger partial charge in [-0.25, -0.2) is 5.43 Å². The molecule has 0 radical (unpaired) electrons. The summed E-state index contributed by atoms with van der Waals surface area (Å²) in [6.45, 7) is 5.18. The molecule has 0 aromatic heterocycles. The predicted molar refractivity (Wildman–Crippen MR) is 113 cm³/mol. The number of hydrogen-bond acceptors (Lipinski definition) is 5. The van der Waals surface area contributed by atoms with Gasteiger partial charge < -0.3 is 14.8 Å². The first-order valence-corrected chi connectivity index (χ1v) is 9.68. The number of carbonyl (C=O) groups is 2. The average molecular weight is 397 g/mol. The summed E-state index contributed by atoms with van der Waals surface area (Å²) in [4.78, 5) is 23.8. The molecular formula is C22H27N3O4. The zero-order chi connectivity index (χ0) is 20.9. The second kappa shape index (κ2) is 12.2. The third-order valence-electron chi connectivity index (χ3n) is 3.76. The van der Waals surface area contributed by atoms with E-state index in [4.69, 9.17) is 9.47 Å². The highest BCUT2D eigenvalue weighted by molar-refractivity contribution is 5.93. The molecule has 154 valence electrons. The number of nitrogens with zero attached hydrogens (tertiary/aromatic N) is 1. The van der Waals surface area contributed by atoms with Crippen molar-refractivity contribution >= 4 is 23.7 Å². The van der Waals surface area contributed by atoms with E-state index in [2.05, 4.69) is 15.8 Å². The molecule has 7 nitrogen and oxygen atoms in total. The molecule has 0 aliphatic heterocycles. The lowest BCUT2D eigenvalue weighted by atomic mass is 10.2. The SMILES string of the molecule is CCCOc1cccc(C=NNC(=O)CCC(=O)Nc2ccc(OCC)cc2)c1. The van der Waals surface area contributed by atoms with Crippen LogP contribution in [0.2, 0.25) is 0 Å². The van der Waals surface area contributed by atoms with E-state index in [1.54, 1.807) is 24.3 Å². The minimum Gasteiger partial charge on any atom is -0.494 e. The largest absolute Gasteiger partial charge is 0.494 e. The Kier molecular flexibility index (Phi) is 9.21. The Balaban J connectivity index is 1.72. The van der Waals surface area contributed by atoms with Crippen molar-refractivity contribution in [3.8, 4) is 11.5 Å². The van der Waals surface area contributed by atoms with Gasteiger partial charge in [0.25, 0.3) is 0 Å². The van der Waals surface area contributed by atoms with Crippen LogP contribution in [0.3, 0.4) is 0 Å². The monoisotopic (exact) mass is 397 g/mol. The zero-order valence-electron chi connectivity index (χ0n) is 16.8. The molecule has 29 heavy (non-hydrogen) atoms. The van der Waals surface area contributed by atoms with Crippen molar-refractivity contribution in [3.05, 3.63) is 54.1 Å². The molecule has 2 amide bonds. The van der Waals surface area contributed by atoms with E-state index in [0.29, 0.717) is 18.9 Å². The maximum Gasteiger partial charge on any atom is 0.240 e. The molecule has 0 bridgehead atoms. The normalized spacial score (nSPS) is 10.6. The van der Waals surface area contributed by atoms with Gasteiger partial charge >= 0.3 is 0 Å². The highest BCUT2D eigenvalue weighted by Crippen LogP contribution is 2.16. The molecule has 0 atom stereocenters. The van der Waals surface area contributed by atoms with Gasteiger partial charge in [0.05, 0.1) is 19.4 Å². The Hall–Kier alpha value is -3.35. The maximum atomic E-state index is 12.0. The number of hydrazone groups is 1. The summed E-state index contributed by atoms with van der Waals surface area (Å²) >= 11 is 0. The lowest BCUT2D eigenvalue weighted by Crippen LogP contribution is -2.20. The molecule has 0 heterocycles. The highest BCUT2D eigenvalue weighted by atomic mass is 16.5. The Labute approximate surface area is 171 Å². The Morgan fingerprint density at radius 1 is 0.966 bits per heavy atom. The number of benzene rings is 2. The van der Waals surface area contributed by atoms with Gasteiger partial charge in [0, 0.05) is 18.5 Å². The summed E-state index contributed by atoms with van der Waals surface area (Å²) in [5.41, 5.74) is 3.89. The van der Waals surface area contributed by atoms with Crippen molar-refractivity contribution in [2.45, 2.75) is 33.1 Å². The fourth-order valence-electron chi connectivity index (χ4n) is 2.39. The van der Waals surface area contributed by atoms with Crippen LogP contribution in [0.5, 0.6) is 11.5 Å². The fraction of sp³-hybridized carbons (Fsp3) is 0.318. The van der Waals surface area contributed by atoms with Gasteiger partial charge in [0.2, 0.25) is 11.8 Å². The number of ether oxygens (including phenoxy) is 2. The fourth-order valence-corrected chi connectivity index (χ4v) is 2.39. The van der Waals surface area contributed by atoms with Crippen molar-refractivity contribution in [1.82, 2.24) is 5.43 Å². The lowest BCUT2D eigenvalue weighted by Gasteiger charge is -2.07. The maximum absolute atomic E-state index is 12.0. The van der Waals surface area contributed by atoms with Crippen molar-refractivity contribution < 1.29 is 19.1 Å². The van der Waals surface area contributed by atoms with Crippen molar-refractivity contribution in [2.75, 3.05) is 18.5 Å². The number of hydrogen-bond donors (Lipinski definition) is 2. The van der Waals surface area contributed by atoms with Crippen LogP contribution in [0.4, 0.5) is 5.69 Å². The minimum absolute atomic E-state index is 0.0415. The van der Waals surface area contributed by atoms with E-state index in [1.807, 2.05) is 38.1 Å². The van der Waals surface area contributed by atoms with Gasteiger partial charge in [-0.2, -0.15) is 5.10 Å². The lowest BCUT2D eigenvalue weighted by molar-refractivity contribution is -0.124. The zero-order valence-corrected chi connectivity index (χ0v) is 16.8. The molecule has 0 aliphatic rings. The summed E-state index contributed by atoms with van der Waals surface area (Å²) in [7, 11) is 0. The second-order valence-electron chi connectivity index (χ2n) is 6.22. The molecule has 0 spiro atoms. The first-order valence-electron chi connectivity index (χ1n) is 9.68. The molecule has 7 heteroatoms. The van der Waals surface area contributed by atoms with Gasteiger partial charge in [-0.1, -0.05) is 19.1 Å². The Morgan fingerprint density at radius 3 is 2.45 bits per heavy atom. The van der Waals surface area contributed by atoms with Crippen LogP contribution in [0, 0.1) is 0 Å². The molecular weight excluding hydrogens is 370 g/mol. The first-order chi connectivity index (χ1) is 14.1. The molecule has 2 rings (SSSR count). The van der Waals surface area contributed by atoms with E-state index in [1.165, 1.54) is 6.21 Å². The third kappa shape index (κ3) is 8.47. The Morgan fingerprint density at radius 2 is 1.72 bits per heavy atom. The number of nitrogens with one attached hydrogen (secondary N) is 2. The highest BCUT2D eigenvalue weighted by Gasteiger charge is 2.07. The van der Waals surface area contributed by atoms with Gasteiger partial charge in [-0.15, -0.1) is 0 Å². The molecule has 2 aromatic rings. The van der Waals surface area contributed by atoms with E-state index in [-0.39, 0.29) is 24.7 Å². The van der Waals surface area contributed by atoms with Gasteiger partial charge in [0.1, 0.15) is 11.5 Å². The van der Waals surface area contributed by atoms with Crippen LogP contribution >= 0.6 is 0 Å². The molecule has 0 saturated carbocycles. The number of carbonyl (C=O) groups excluding carboxylic acids is 2.